The molecular formula is C12H23NO4S2. The van der Waals surface area contributed by atoms with Crippen LogP contribution in [0.4, 0.5) is 0 Å². The van der Waals surface area contributed by atoms with E-state index in [9.17, 15) is 13.2 Å². The number of carbonyl (C=O) groups is 1. The van der Waals surface area contributed by atoms with Gasteiger partial charge in [-0.2, -0.15) is 11.8 Å². The van der Waals surface area contributed by atoms with Crippen LogP contribution in [0.2, 0.25) is 0 Å². The third-order valence-corrected chi connectivity index (χ3v) is 5.61. The molecule has 1 aliphatic rings. The molecule has 1 aliphatic carbocycles. The molecule has 0 aliphatic heterocycles. The summed E-state index contributed by atoms with van der Waals surface area (Å²) in [5, 5.41) is 9.03. The first-order valence-corrected chi connectivity index (χ1v) is 9.71. The highest BCUT2D eigenvalue weighted by Gasteiger charge is 2.26. The van der Waals surface area contributed by atoms with Crippen molar-refractivity contribution in [3.8, 4) is 0 Å². The maximum absolute atomic E-state index is 12.0. The zero-order chi connectivity index (χ0) is 14.3. The zero-order valence-corrected chi connectivity index (χ0v) is 12.9. The van der Waals surface area contributed by atoms with Crippen LogP contribution in [0.3, 0.4) is 0 Å². The number of carboxylic acids is 1. The lowest BCUT2D eigenvalue weighted by Gasteiger charge is -2.22. The monoisotopic (exact) mass is 309 g/mol. The van der Waals surface area contributed by atoms with Crippen molar-refractivity contribution in [3.05, 3.63) is 0 Å². The number of nitrogens with one attached hydrogen (secondary N) is 1. The molecule has 0 saturated heterocycles. The van der Waals surface area contributed by atoms with E-state index in [1.807, 2.05) is 6.26 Å². The van der Waals surface area contributed by atoms with Gasteiger partial charge in [-0.25, -0.2) is 13.1 Å². The third kappa shape index (κ3) is 6.63. The van der Waals surface area contributed by atoms with Crippen molar-refractivity contribution in [2.24, 2.45) is 5.92 Å². The molecule has 0 aromatic rings. The lowest BCUT2D eigenvalue weighted by Crippen LogP contribution is -2.43. The Morgan fingerprint density at radius 3 is 2.53 bits per heavy atom. The zero-order valence-electron chi connectivity index (χ0n) is 11.3. The Labute approximate surface area is 119 Å². The average Bonchev–Trinajstić information content (AvgIpc) is 2.34. The van der Waals surface area contributed by atoms with E-state index in [1.165, 1.54) is 18.2 Å². The first-order chi connectivity index (χ1) is 8.94. The summed E-state index contributed by atoms with van der Waals surface area (Å²) in [5.74, 6) is -0.221. The van der Waals surface area contributed by atoms with E-state index >= 15 is 0 Å². The second kappa shape index (κ2) is 8.11. The molecule has 0 aromatic heterocycles. The molecule has 0 bridgehead atoms. The largest absolute Gasteiger partial charge is 0.480 e. The Morgan fingerprint density at radius 1 is 1.37 bits per heavy atom. The summed E-state index contributed by atoms with van der Waals surface area (Å²) < 4.78 is 26.3. The minimum absolute atomic E-state index is 0.0655. The van der Waals surface area contributed by atoms with Gasteiger partial charge in [-0.15, -0.1) is 0 Å². The molecule has 0 radical (unpaired) electrons. The SMILES string of the molecule is CSCCC(NS(=O)(=O)CC1CCCCC1)C(=O)O. The fraction of sp³-hybridized carbons (Fsp3) is 0.917. The first kappa shape index (κ1) is 16.8. The van der Waals surface area contributed by atoms with E-state index in [2.05, 4.69) is 4.72 Å². The number of hydrogen-bond donors (Lipinski definition) is 2. The molecule has 0 amide bonds. The van der Waals surface area contributed by atoms with Gasteiger partial charge >= 0.3 is 5.97 Å². The van der Waals surface area contributed by atoms with Crippen molar-refractivity contribution in [1.82, 2.24) is 4.72 Å². The van der Waals surface area contributed by atoms with Crippen molar-refractivity contribution in [2.75, 3.05) is 17.8 Å². The van der Waals surface area contributed by atoms with Crippen LogP contribution < -0.4 is 4.72 Å². The van der Waals surface area contributed by atoms with E-state index < -0.39 is 22.0 Å². The number of carboxylic acid groups (broad SMARTS) is 1. The molecular weight excluding hydrogens is 286 g/mol. The maximum atomic E-state index is 12.0. The Morgan fingerprint density at radius 2 is 2.00 bits per heavy atom. The maximum Gasteiger partial charge on any atom is 0.321 e. The van der Waals surface area contributed by atoms with Crippen molar-refractivity contribution in [2.45, 2.75) is 44.6 Å². The van der Waals surface area contributed by atoms with Gasteiger partial charge in [0.2, 0.25) is 10.0 Å². The van der Waals surface area contributed by atoms with Gasteiger partial charge in [-0.3, -0.25) is 4.79 Å². The van der Waals surface area contributed by atoms with Gasteiger partial charge in [-0.05, 0) is 37.2 Å². The first-order valence-electron chi connectivity index (χ1n) is 6.66. The second-order valence-electron chi connectivity index (χ2n) is 5.08. The second-order valence-corrected chi connectivity index (χ2v) is 7.86. The van der Waals surface area contributed by atoms with Gasteiger partial charge in [0.1, 0.15) is 6.04 Å². The van der Waals surface area contributed by atoms with Crippen LogP contribution in [0.1, 0.15) is 38.5 Å². The molecule has 5 nitrogen and oxygen atoms in total. The minimum atomic E-state index is -3.50. The summed E-state index contributed by atoms with van der Waals surface area (Å²) in [4.78, 5) is 11.0. The number of rotatable bonds is 8. The van der Waals surface area contributed by atoms with E-state index in [4.69, 9.17) is 5.11 Å². The lowest BCUT2D eigenvalue weighted by molar-refractivity contribution is -0.139. The van der Waals surface area contributed by atoms with Crippen LogP contribution in [-0.4, -0.2) is 43.3 Å². The van der Waals surface area contributed by atoms with E-state index in [-0.39, 0.29) is 11.7 Å². The highest BCUT2D eigenvalue weighted by molar-refractivity contribution is 7.98. The van der Waals surface area contributed by atoms with Gasteiger partial charge in [0.05, 0.1) is 5.75 Å². The molecule has 1 atom stereocenters. The fourth-order valence-corrected chi connectivity index (χ4v) is 4.57. The van der Waals surface area contributed by atoms with Gasteiger partial charge in [0.25, 0.3) is 0 Å². The van der Waals surface area contributed by atoms with Crippen molar-refractivity contribution < 1.29 is 18.3 Å². The quantitative estimate of drug-likeness (QED) is 0.713. The molecule has 19 heavy (non-hydrogen) atoms. The Hall–Kier alpha value is -0.270. The topological polar surface area (TPSA) is 83.5 Å². The predicted octanol–water partition coefficient (Wildman–Crippen LogP) is 1.69. The Kier molecular flexibility index (Phi) is 7.17. The summed E-state index contributed by atoms with van der Waals surface area (Å²) in [6, 6.07) is -0.999. The number of hydrogen-bond acceptors (Lipinski definition) is 4. The highest BCUT2D eigenvalue weighted by atomic mass is 32.2. The van der Waals surface area contributed by atoms with Gasteiger partial charge in [0, 0.05) is 0 Å². The normalized spacial score (nSPS) is 19.2. The van der Waals surface area contributed by atoms with Gasteiger partial charge < -0.3 is 5.11 Å². The standard InChI is InChI=1S/C12H23NO4S2/c1-18-8-7-11(12(14)15)13-19(16,17)9-10-5-3-2-4-6-10/h10-11,13H,2-9H2,1H3,(H,14,15). The molecule has 1 saturated carbocycles. The summed E-state index contributed by atoms with van der Waals surface area (Å²) in [6.07, 6.45) is 7.39. The minimum Gasteiger partial charge on any atom is -0.480 e. The molecule has 0 spiro atoms. The molecule has 1 rings (SSSR count). The molecule has 7 heteroatoms. The summed E-state index contributed by atoms with van der Waals surface area (Å²) in [6.45, 7) is 0. The van der Waals surface area contributed by atoms with Gasteiger partial charge in [0.15, 0.2) is 0 Å². The van der Waals surface area contributed by atoms with E-state index in [1.54, 1.807) is 0 Å². The smallest absolute Gasteiger partial charge is 0.321 e. The molecule has 112 valence electrons. The molecule has 2 N–H and O–H groups in total. The summed E-state index contributed by atoms with van der Waals surface area (Å²) >= 11 is 1.51. The lowest BCUT2D eigenvalue weighted by atomic mass is 9.91. The molecule has 0 heterocycles. The van der Waals surface area contributed by atoms with Crippen molar-refractivity contribution in [3.63, 3.8) is 0 Å². The predicted molar refractivity (Wildman–Crippen MR) is 77.9 cm³/mol. The van der Waals surface area contributed by atoms with Crippen LogP contribution in [0.5, 0.6) is 0 Å². The van der Waals surface area contributed by atoms with Crippen LogP contribution in [0.25, 0.3) is 0 Å². The Balaban J connectivity index is 2.52. The summed E-state index contributed by atoms with van der Waals surface area (Å²) in [5.41, 5.74) is 0. The number of aliphatic carboxylic acids is 1. The molecule has 1 unspecified atom stereocenters. The fourth-order valence-electron chi connectivity index (χ4n) is 2.40. The molecule has 0 aromatic carbocycles. The van der Waals surface area contributed by atoms with Gasteiger partial charge in [-0.1, -0.05) is 19.3 Å². The van der Waals surface area contributed by atoms with Crippen molar-refractivity contribution in [1.29, 1.82) is 0 Å². The number of sulfonamides is 1. The number of thioether (sulfide) groups is 1. The summed E-state index contributed by atoms with van der Waals surface area (Å²) in [7, 11) is -3.50. The Bertz CT molecular complexity index is 377. The van der Waals surface area contributed by atoms with Crippen LogP contribution in [0, 0.1) is 5.92 Å². The van der Waals surface area contributed by atoms with E-state index in [0.717, 1.165) is 25.7 Å². The van der Waals surface area contributed by atoms with Crippen molar-refractivity contribution >= 4 is 27.8 Å². The average molecular weight is 309 g/mol. The van der Waals surface area contributed by atoms with Crippen LogP contribution >= 0.6 is 11.8 Å². The van der Waals surface area contributed by atoms with Crippen LogP contribution in [-0.2, 0) is 14.8 Å². The third-order valence-electron chi connectivity index (χ3n) is 3.41. The van der Waals surface area contributed by atoms with Crippen LogP contribution in [0.15, 0.2) is 0 Å². The highest BCUT2D eigenvalue weighted by Crippen LogP contribution is 2.24. The molecule has 1 fully saturated rings. The van der Waals surface area contributed by atoms with E-state index in [0.29, 0.717) is 12.2 Å².